The first-order valence-electron chi connectivity index (χ1n) is 3.40. The number of carbonyl (C=O) groups is 1. The summed E-state index contributed by atoms with van der Waals surface area (Å²) in [6.45, 7) is 5.96. The fourth-order valence-electron chi connectivity index (χ4n) is 0. The van der Waals surface area contributed by atoms with E-state index < -0.39 is 5.97 Å². The van der Waals surface area contributed by atoms with Gasteiger partial charge in [0.05, 0.1) is 0 Å². The summed E-state index contributed by atoms with van der Waals surface area (Å²) in [4.78, 5) is 9.37. The van der Waals surface area contributed by atoms with Crippen LogP contribution in [-0.4, -0.2) is 11.1 Å². The summed E-state index contributed by atoms with van der Waals surface area (Å²) in [7, 11) is 0. The largest absolute Gasteiger partial charge is 0.481 e. The van der Waals surface area contributed by atoms with E-state index in [1.54, 1.807) is 6.92 Å². The normalized spacial score (nSPS) is 6.70. The van der Waals surface area contributed by atoms with E-state index in [2.05, 4.69) is 13.8 Å². The zero-order valence-electron chi connectivity index (χ0n) is 6.48. The van der Waals surface area contributed by atoms with Gasteiger partial charge in [0.15, 0.2) is 0 Å². The van der Waals surface area contributed by atoms with Gasteiger partial charge in [-0.2, -0.15) is 0 Å². The van der Waals surface area contributed by atoms with E-state index in [1.165, 1.54) is 12.8 Å². The Morgan fingerprint density at radius 3 is 1.40 bits per heavy atom. The van der Waals surface area contributed by atoms with Crippen molar-refractivity contribution in [3.8, 4) is 0 Å². The molecule has 2 nitrogen and oxygen atoms in total. The van der Waals surface area contributed by atoms with Crippen molar-refractivity contribution < 1.29 is 9.90 Å². The van der Waals surface area contributed by atoms with Crippen molar-refractivity contribution in [2.75, 3.05) is 0 Å². The van der Waals surface area contributed by atoms with Gasteiger partial charge in [0, 0.05) is 6.42 Å². The highest BCUT2D eigenvalue weighted by atomic mass is 16.4. The smallest absolute Gasteiger partial charge is 0.303 e. The monoisotopic (exact) mass is 148 g/mol. The average molecular weight is 148 g/mol. The van der Waals surface area contributed by atoms with Crippen LogP contribution in [0.2, 0.25) is 0 Å². The van der Waals surface area contributed by atoms with Crippen LogP contribution in [0.1, 0.15) is 47.5 Å². The number of unbranched alkanes of at least 4 members (excludes halogenated alkanes) is 1. The lowest BCUT2D eigenvalue weighted by molar-refractivity contribution is -0.136. The predicted octanol–water partition coefficient (Wildman–Crippen LogP) is 2.92. The molecule has 64 valence electrons. The fourth-order valence-corrected chi connectivity index (χ4v) is 0. The van der Waals surface area contributed by atoms with E-state index in [-0.39, 0.29) is 13.8 Å². The fraction of sp³-hybridized carbons (Fsp3) is 0.875. The Morgan fingerprint density at radius 1 is 1.20 bits per heavy atom. The van der Waals surface area contributed by atoms with Gasteiger partial charge in [-0.25, -0.2) is 0 Å². The molecule has 2 heteroatoms. The summed E-state index contributed by atoms with van der Waals surface area (Å²) < 4.78 is 0. The first kappa shape index (κ1) is 16.2. The Bertz CT molecular complexity index is 58.3. The lowest BCUT2D eigenvalue weighted by atomic mass is 10.4. The molecular weight excluding hydrogens is 128 g/mol. The second-order valence-corrected chi connectivity index (χ2v) is 1.75. The molecule has 0 saturated heterocycles. The molecule has 0 spiro atoms. The lowest BCUT2D eigenvalue weighted by Gasteiger charge is -1.71. The van der Waals surface area contributed by atoms with Gasteiger partial charge in [0.2, 0.25) is 0 Å². The maximum atomic E-state index is 9.37. The van der Waals surface area contributed by atoms with Gasteiger partial charge in [-0.1, -0.05) is 41.0 Å². The molecule has 0 aliphatic heterocycles. The Kier molecular flexibility index (Phi) is 25.6. The van der Waals surface area contributed by atoms with E-state index in [0.717, 1.165) is 0 Å². The van der Waals surface area contributed by atoms with Crippen LogP contribution in [-0.2, 0) is 4.79 Å². The Hall–Kier alpha value is -0.530. The molecule has 0 saturated carbocycles. The van der Waals surface area contributed by atoms with Crippen molar-refractivity contribution >= 4 is 5.97 Å². The summed E-state index contributed by atoms with van der Waals surface area (Å²) in [5, 5.41) is 7.72. The van der Waals surface area contributed by atoms with Crippen molar-refractivity contribution in [2.45, 2.75) is 47.5 Å². The third kappa shape index (κ3) is 51.3. The van der Waals surface area contributed by atoms with Crippen LogP contribution in [0, 0.1) is 0 Å². The molecule has 0 atom stereocenters. The van der Waals surface area contributed by atoms with E-state index in [1.807, 2.05) is 0 Å². The molecule has 0 amide bonds. The number of hydrogen-bond donors (Lipinski definition) is 1. The van der Waals surface area contributed by atoms with Crippen LogP contribution < -0.4 is 0 Å². The number of carboxylic acid groups (broad SMARTS) is 1. The predicted molar refractivity (Wildman–Crippen MR) is 45.2 cm³/mol. The molecule has 1 N–H and O–H groups in total. The summed E-state index contributed by atoms with van der Waals surface area (Å²) in [6, 6.07) is 0. The lowest BCUT2D eigenvalue weighted by Crippen LogP contribution is -1.86. The highest BCUT2D eigenvalue weighted by Gasteiger charge is 1.80. The molecule has 0 aromatic carbocycles. The Balaban J connectivity index is -0.0000000910. The molecule has 0 aromatic heterocycles. The van der Waals surface area contributed by atoms with Gasteiger partial charge in [0.25, 0.3) is 0 Å². The topological polar surface area (TPSA) is 37.3 Å². The summed E-state index contributed by atoms with van der Waals surface area (Å²) >= 11 is 0. The second kappa shape index (κ2) is 15.8. The first-order valence-corrected chi connectivity index (χ1v) is 3.40. The molecule has 0 radical (unpaired) electrons. The Labute approximate surface area is 64.3 Å². The second-order valence-electron chi connectivity index (χ2n) is 1.75. The summed E-state index contributed by atoms with van der Waals surface area (Å²) in [5.41, 5.74) is 0. The minimum absolute atomic E-state index is 0. The van der Waals surface area contributed by atoms with Gasteiger partial charge in [-0.3, -0.25) is 4.79 Å². The third-order valence-electron chi connectivity index (χ3n) is 0.802. The van der Waals surface area contributed by atoms with Crippen molar-refractivity contribution in [3.63, 3.8) is 0 Å². The van der Waals surface area contributed by atoms with Gasteiger partial charge < -0.3 is 5.11 Å². The minimum Gasteiger partial charge on any atom is -0.481 e. The molecule has 0 fully saturated rings. The molecule has 0 bridgehead atoms. The zero-order chi connectivity index (χ0) is 7.70. The van der Waals surface area contributed by atoms with E-state index in [0.29, 0.717) is 0 Å². The van der Waals surface area contributed by atoms with Crippen LogP contribution >= 0.6 is 0 Å². The Morgan fingerprint density at radius 2 is 1.40 bits per heavy atom. The van der Waals surface area contributed by atoms with Crippen molar-refractivity contribution in [2.24, 2.45) is 0 Å². The van der Waals surface area contributed by atoms with Crippen LogP contribution in [0.5, 0.6) is 0 Å². The van der Waals surface area contributed by atoms with Gasteiger partial charge in [-0.05, 0) is 0 Å². The number of hydrogen-bond acceptors (Lipinski definition) is 1. The molecule has 0 aliphatic carbocycles. The van der Waals surface area contributed by atoms with Gasteiger partial charge in [0.1, 0.15) is 0 Å². The van der Waals surface area contributed by atoms with Crippen molar-refractivity contribution in [1.29, 1.82) is 0 Å². The van der Waals surface area contributed by atoms with Crippen LogP contribution in [0.3, 0.4) is 0 Å². The summed E-state index contributed by atoms with van der Waals surface area (Å²) in [6.07, 6.45) is 2.86. The average Bonchev–Trinajstić information content (AvgIpc) is 1.89. The van der Waals surface area contributed by atoms with Crippen molar-refractivity contribution in [1.82, 2.24) is 0 Å². The molecule has 0 unspecified atom stereocenters. The number of aliphatic carboxylic acids is 1. The zero-order valence-corrected chi connectivity index (χ0v) is 6.48. The van der Waals surface area contributed by atoms with Gasteiger partial charge >= 0.3 is 5.97 Å². The quantitative estimate of drug-likeness (QED) is 0.653. The number of carboxylic acids is 1. The molecule has 0 aliphatic rings. The highest BCUT2D eigenvalue weighted by molar-refractivity contribution is 5.66. The van der Waals surface area contributed by atoms with Crippen LogP contribution in [0.25, 0.3) is 0 Å². The first-order chi connectivity index (χ1) is 4.18. The molecular formula is C8H20O2. The third-order valence-corrected chi connectivity index (χ3v) is 0.802. The van der Waals surface area contributed by atoms with E-state index in [4.69, 9.17) is 5.11 Å². The van der Waals surface area contributed by atoms with E-state index in [9.17, 15) is 4.79 Å². The molecule has 0 heterocycles. The van der Waals surface area contributed by atoms with Gasteiger partial charge in [-0.15, -0.1) is 0 Å². The molecule has 0 rings (SSSR count). The SMILES string of the molecule is C.CCC(=O)O.CCCC. The van der Waals surface area contributed by atoms with Crippen molar-refractivity contribution in [3.05, 3.63) is 0 Å². The molecule has 0 aromatic rings. The number of rotatable bonds is 2. The maximum Gasteiger partial charge on any atom is 0.303 e. The highest BCUT2D eigenvalue weighted by Crippen LogP contribution is 1.76. The standard InChI is InChI=1S/C4H10.C3H6O2.CH4/c1-3-4-2;1-2-3(4)5;/h3-4H2,1-2H3;2H2,1H3,(H,4,5);1H4. The van der Waals surface area contributed by atoms with Crippen LogP contribution in [0.4, 0.5) is 0 Å². The minimum atomic E-state index is -0.745. The maximum absolute atomic E-state index is 9.37. The summed E-state index contributed by atoms with van der Waals surface area (Å²) in [5.74, 6) is -0.745. The van der Waals surface area contributed by atoms with E-state index >= 15 is 0 Å². The van der Waals surface area contributed by atoms with Crippen LogP contribution in [0.15, 0.2) is 0 Å². The molecule has 10 heavy (non-hydrogen) atoms.